The van der Waals surface area contributed by atoms with Gasteiger partial charge in [0, 0.05) is 0 Å². The maximum absolute atomic E-state index is 10.7. The molecular weight excluding hydrogens is 523 g/mol. The Labute approximate surface area is 196 Å². The van der Waals surface area contributed by atoms with Crippen molar-refractivity contribution in [2.75, 3.05) is 66.1 Å². The molecular formula is C12H20F6MgO11S2. The summed E-state index contributed by atoms with van der Waals surface area (Å²) in [4.78, 5) is 0. The van der Waals surface area contributed by atoms with E-state index in [2.05, 4.69) is 0 Å². The number of rotatable bonds is 0. The van der Waals surface area contributed by atoms with Gasteiger partial charge in [0.1, 0.15) is 0 Å². The van der Waals surface area contributed by atoms with Crippen molar-refractivity contribution in [1.29, 1.82) is 0 Å². The predicted octanol–water partition coefficient (Wildman–Crippen LogP) is -0.195. The first-order chi connectivity index (χ1) is 14.0. The maximum Gasteiger partial charge on any atom is 2.00 e. The van der Waals surface area contributed by atoms with Crippen molar-refractivity contribution < 1.29 is 76.0 Å². The molecule has 1 aliphatic rings. The number of hydrogen-bond acceptors (Lipinski definition) is 11. The maximum atomic E-state index is 10.7. The second-order valence-electron chi connectivity index (χ2n) is 4.86. The molecule has 0 amide bonds. The van der Waals surface area contributed by atoms with Crippen LogP contribution in [0.4, 0.5) is 26.3 Å². The van der Waals surface area contributed by atoms with Crippen molar-refractivity contribution in [1.82, 2.24) is 0 Å². The zero-order valence-corrected chi connectivity index (χ0v) is 19.4. The average Bonchev–Trinajstić information content (AvgIpc) is 2.58. The van der Waals surface area contributed by atoms with Gasteiger partial charge in [-0.05, 0) is 0 Å². The summed E-state index contributed by atoms with van der Waals surface area (Å²) in [7, 11) is -12.2. The third kappa shape index (κ3) is 23.1. The fraction of sp³-hybridized carbons (Fsp3) is 1.00. The Morgan fingerprint density at radius 2 is 0.562 bits per heavy atom. The van der Waals surface area contributed by atoms with E-state index in [1.165, 1.54) is 0 Å². The summed E-state index contributed by atoms with van der Waals surface area (Å²) in [5, 5.41) is 0. The van der Waals surface area contributed by atoms with E-state index in [-0.39, 0.29) is 23.1 Å². The van der Waals surface area contributed by atoms with E-state index in [0.717, 1.165) is 0 Å². The first-order valence-electron chi connectivity index (χ1n) is 7.93. The van der Waals surface area contributed by atoms with Gasteiger partial charge in [-0.3, -0.25) is 0 Å². The minimum Gasteiger partial charge on any atom is -0.741 e. The first kappa shape index (κ1) is 36.5. The molecule has 0 N–H and O–H groups in total. The third-order valence-corrected chi connectivity index (χ3v) is 3.56. The van der Waals surface area contributed by atoms with E-state index in [0.29, 0.717) is 66.1 Å². The Hall–Kier alpha value is -0.0338. The van der Waals surface area contributed by atoms with E-state index in [4.69, 9.17) is 49.6 Å². The van der Waals surface area contributed by atoms with Gasteiger partial charge in [-0.15, -0.1) is 0 Å². The summed E-state index contributed by atoms with van der Waals surface area (Å²) in [5.41, 5.74) is -11.3. The molecule has 0 aliphatic carbocycles. The molecule has 0 aromatic carbocycles. The zero-order valence-electron chi connectivity index (χ0n) is 16.4. The van der Waals surface area contributed by atoms with Crippen LogP contribution in [0, 0.1) is 0 Å². The molecule has 1 aliphatic heterocycles. The van der Waals surface area contributed by atoms with Crippen LogP contribution in [0.5, 0.6) is 0 Å². The van der Waals surface area contributed by atoms with Gasteiger partial charge < -0.3 is 32.8 Å². The average molecular weight is 543 g/mol. The van der Waals surface area contributed by atoms with Crippen LogP contribution in [0.1, 0.15) is 0 Å². The van der Waals surface area contributed by atoms with Crippen molar-refractivity contribution in [2.24, 2.45) is 0 Å². The first-order valence-corrected chi connectivity index (χ1v) is 10.7. The van der Waals surface area contributed by atoms with Crippen molar-refractivity contribution in [2.45, 2.75) is 11.0 Å². The summed E-state index contributed by atoms with van der Waals surface area (Å²) in [6.45, 7) is 6.11. The molecule has 1 saturated heterocycles. The van der Waals surface area contributed by atoms with Gasteiger partial charge in [0.15, 0.2) is 20.2 Å². The fourth-order valence-corrected chi connectivity index (χ4v) is 1.10. The quantitative estimate of drug-likeness (QED) is 0.173. The standard InChI is InChI=1S/C10H20O5.2CHF3O3S.Mg/c1-2-12-5-6-14-9-10-15-8-7-13-4-3-11-1;2*2-1(3,4)8(5,6)7;/h1-10H2;2*(H,5,6,7);/q;;;+2/p-2. The van der Waals surface area contributed by atoms with Gasteiger partial charge in [-0.2, -0.15) is 26.3 Å². The Bertz CT molecular complexity index is 555. The molecule has 0 aromatic heterocycles. The van der Waals surface area contributed by atoms with Crippen molar-refractivity contribution >= 4 is 43.3 Å². The Morgan fingerprint density at radius 3 is 0.625 bits per heavy atom. The molecule has 1 heterocycles. The van der Waals surface area contributed by atoms with Crippen molar-refractivity contribution in [3.63, 3.8) is 0 Å². The van der Waals surface area contributed by atoms with Gasteiger partial charge in [0.25, 0.3) is 0 Å². The topological polar surface area (TPSA) is 161 Å². The second kappa shape index (κ2) is 18.3. The molecule has 190 valence electrons. The molecule has 32 heavy (non-hydrogen) atoms. The SMILES string of the molecule is C1COCCOCCOCCOCCO1.O=S(=O)([O-])C(F)(F)F.O=S(=O)([O-])C(F)(F)F.[Mg+2]. The van der Waals surface area contributed by atoms with E-state index < -0.39 is 31.3 Å². The molecule has 0 spiro atoms. The number of ether oxygens (including phenoxy) is 5. The smallest absolute Gasteiger partial charge is 0.741 e. The van der Waals surface area contributed by atoms with Gasteiger partial charge in [0.05, 0.1) is 66.1 Å². The monoisotopic (exact) mass is 542 g/mol. The van der Waals surface area contributed by atoms with Crippen molar-refractivity contribution in [3.05, 3.63) is 0 Å². The molecule has 0 bridgehead atoms. The molecule has 1 rings (SSSR count). The van der Waals surface area contributed by atoms with Crippen LogP contribution in [-0.2, 0) is 43.9 Å². The minimum absolute atomic E-state index is 0. The third-order valence-electron chi connectivity index (χ3n) is 2.43. The summed E-state index contributed by atoms with van der Waals surface area (Å²) < 4.78 is 144. The van der Waals surface area contributed by atoms with E-state index >= 15 is 0 Å². The Morgan fingerprint density at radius 1 is 0.469 bits per heavy atom. The van der Waals surface area contributed by atoms with Gasteiger partial charge >= 0.3 is 34.1 Å². The van der Waals surface area contributed by atoms with Crippen LogP contribution in [-0.4, -0.2) is 126 Å². The minimum atomic E-state index is -6.09. The molecule has 0 unspecified atom stereocenters. The number of halogens is 6. The van der Waals surface area contributed by atoms with E-state index in [1.54, 1.807) is 0 Å². The van der Waals surface area contributed by atoms with Crippen LogP contribution in [0.3, 0.4) is 0 Å². The zero-order chi connectivity index (χ0) is 24.6. The molecule has 0 saturated carbocycles. The van der Waals surface area contributed by atoms with Crippen molar-refractivity contribution in [3.8, 4) is 0 Å². The molecule has 0 aromatic rings. The van der Waals surface area contributed by atoms with E-state index in [1.807, 2.05) is 0 Å². The Balaban J connectivity index is -0.000000425. The second-order valence-corrected chi connectivity index (χ2v) is 7.60. The normalized spacial score (nSPS) is 18.2. The summed E-state index contributed by atoms with van der Waals surface area (Å²) >= 11 is 0. The van der Waals surface area contributed by atoms with Crippen LogP contribution in [0.25, 0.3) is 0 Å². The summed E-state index contributed by atoms with van der Waals surface area (Å²) in [5.74, 6) is 0. The number of alkyl halides is 6. The van der Waals surface area contributed by atoms with Gasteiger partial charge in [-0.25, -0.2) is 16.8 Å². The number of hydrogen-bond donors (Lipinski definition) is 0. The Kier molecular flexibility index (Phi) is 20.9. The molecule has 1 fully saturated rings. The van der Waals surface area contributed by atoms with Crippen LogP contribution in [0.15, 0.2) is 0 Å². The predicted molar refractivity (Wildman–Crippen MR) is 91.4 cm³/mol. The van der Waals surface area contributed by atoms with Gasteiger partial charge in [-0.1, -0.05) is 0 Å². The van der Waals surface area contributed by atoms with E-state index in [9.17, 15) is 26.3 Å². The van der Waals surface area contributed by atoms with Gasteiger partial charge in [0.2, 0.25) is 0 Å². The van der Waals surface area contributed by atoms with Crippen LogP contribution < -0.4 is 0 Å². The molecule has 20 heteroatoms. The summed E-state index contributed by atoms with van der Waals surface area (Å²) in [6, 6.07) is 0. The van der Waals surface area contributed by atoms with Crippen LogP contribution in [0.2, 0.25) is 0 Å². The fourth-order valence-electron chi connectivity index (χ4n) is 1.10. The molecule has 0 atom stereocenters. The van der Waals surface area contributed by atoms with Crippen LogP contribution >= 0.6 is 0 Å². The largest absolute Gasteiger partial charge is 2.00 e. The molecule has 11 nitrogen and oxygen atoms in total. The summed E-state index contributed by atoms with van der Waals surface area (Å²) in [6.07, 6.45) is 0. The molecule has 0 radical (unpaired) electrons.